The van der Waals surface area contributed by atoms with Gasteiger partial charge < -0.3 is 15.4 Å². The number of methoxy groups -OCH3 is 1. The van der Waals surface area contributed by atoms with E-state index in [1.54, 1.807) is 7.11 Å². The van der Waals surface area contributed by atoms with E-state index in [4.69, 9.17) is 10.5 Å². The van der Waals surface area contributed by atoms with Gasteiger partial charge in [-0.2, -0.15) is 0 Å². The average Bonchev–Trinajstić information content (AvgIpc) is 3.16. The number of nitrogens with two attached hydrogens (primary N) is 1. The van der Waals surface area contributed by atoms with Crippen LogP contribution >= 0.6 is 0 Å². The number of likely N-dealkylation sites (N-methyl/N-ethyl adjacent to an activating group) is 1. The van der Waals surface area contributed by atoms with Crippen LogP contribution in [0.2, 0.25) is 0 Å². The first-order valence-electron chi connectivity index (χ1n) is 6.40. The van der Waals surface area contributed by atoms with Gasteiger partial charge in [0.2, 0.25) is 0 Å². The second-order valence-corrected chi connectivity index (χ2v) is 5.11. The molecule has 1 fully saturated rings. The van der Waals surface area contributed by atoms with Gasteiger partial charge in [0.25, 0.3) is 0 Å². The lowest BCUT2D eigenvalue weighted by Gasteiger charge is -2.27. The van der Waals surface area contributed by atoms with Crippen molar-refractivity contribution in [3.8, 4) is 0 Å². The van der Waals surface area contributed by atoms with Crippen molar-refractivity contribution < 1.29 is 4.74 Å². The lowest BCUT2D eigenvalue weighted by atomic mass is 10.2. The predicted octanol–water partition coefficient (Wildman–Crippen LogP) is 1.72. The molecule has 0 aromatic carbocycles. The minimum Gasteiger partial charge on any atom is -0.383 e. The Bertz CT molecular complexity index is 431. The molecule has 1 aromatic heterocycles. The molecule has 0 radical (unpaired) electrons. The number of nitrogen functional groups attached to an aromatic ring is 1. The summed E-state index contributed by atoms with van der Waals surface area (Å²) in [6, 6.07) is 0.259. The topological polar surface area (TPSA) is 64.3 Å². The van der Waals surface area contributed by atoms with Crippen LogP contribution < -0.4 is 10.6 Å². The lowest BCUT2D eigenvalue weighted by molar-refractivity contribution is 0.183. The third kappa shape index (κ3) is 2.56. The Kier molecular flexibility index (Phi) is 3.71. The normalized spacial score (nSPS) is 16.7. The number of aromatic nitrogens is 2. The molecule has 0 aliphatic heterocycles. The van der Waals surface area contributed by atoms with Gasteiger partial charge in [-0.15, -0.1) is 0 Å². The second kappa shape index (κ2) is 5.10. The van der Waals surface area contributed by atoms with Crippen LogP contribution in [0.15, 0.2) is 0 Å². The van der Waals surface area contributed by atoms with Gasteiger partial charge in [-0.25, -0.2) is 9.97 Å². The van der Waals surface area contributed by atoms with E-state index < -0.39 is 0 Å². The summed E-state index contributed by atoms with van der Waals surface area (Å²) in [6.07, 6.45) is 2.36. The standard InChI is InChI=1S/C13H22N4O/c1-8(7-18-4)17(3)13-9(2)11(14)15-12(16-13)10-5-6-10/h8,10H,5-7H2,1-4H3,(H2,14,15,16). The molecule has 1 aromatic rings. The SMILES string of the molecule is COCC(C)N(C)c1nc(C2CC2)nc(N)c1C. The molecular weight excluding hydrogens is 228 g/mol. The molecule has 2 N–H and O–H groups in total. The predicted molar refractivity (Wildman–Crippen MR) is 72.9 cm³/mol. The van der Waals surface area contributed by atoms with Crippen LogP contribution in [0.4, 0.5) is 11.6 Å². The summed E-state index contributed by atoms with van der Waals surface area (Å²) in [6.45, 7) is 4.74. The van der Waals surface area contributed by atoms with E-state index in [0.29, 0.717) is 18.3 Å². The van der Waals surface area contributed by atoms with E-state index in [2.05, 4.69) is 21.8 Å². The third-order valence-corrected chi connectivity index (χ3v) is 3.52. The van der Waals surface area contributed by atoms with Crippen LogP contribution in [0.3, 0.4) is 0 Å². The summed E-state index contributed by atoms with van der Waals surface area (Å²) in [5, 5.41) is 0. The first kappa shape index (κ1) is 13.1. The van der Waals surface area contributed by atoms with Gasteiger partial charge in [0, 0.05) is 25.6 Å². The number of anilines is 2. The summed E-state index contributed by atoms with van der Waals surface area (Å²) in [5.74, 6) is 2.93. The molecule has 0 amide bonds. The zero-order valence-corrected chi connectivity index (χ0v) is 11.6. The van der Waals surface area contributed by atoms with E-state index in [1.165, 1.54) is 12.8 Å². The molecule has 1 aliphatic rings. The third-order valence-electron chi connectivity index (χ3n) is 3.52. The zero-order valence-electron chi connectivity index (χ0n) is 11.6. The molecule has 100 valence electrons. The van der Waals surface area contributed by atoms with Gasteiger partial charge in [-0.3, -0.25) is 0 Å². The summed E-state index contributed by atoms with van der Waals surface area (Å²) in [4.78, 5) is 11.2. The Hall–Kier alpha value is -1.36. The first-order valence-corrected chi connectivity index (χ1v) is 6.40. The van der Waals surface area contributed by atoms with Crippen LogP contribution in [0.25, 0.3) is 0 Å². The van der Waals surface area contributed by atoms with Gasteiger partial charge in [-0.05, 0) is 26.7 Å². The van der Waals surface area contributed by atoms with E-state index in [9.17, 15) is 0 Å². The first-order chi connectivity index (χ1) is 8.54. The highest BCUT2D eigenvalue weighted by Gasteiger charge is 2.28. The quantitative estimate of drug-likeness (QED) is 0.862. The molecule has 1 saturated carbocycles. The minimum absolute atomic E-state index is 0.259. The Morgan fingerprint density at radius 2 is 2.11 bits per heavy atom. The smallest absolute Gasteiger partial charge is 0.137 e. The fourth-order valence-electron chi connectivity index (χ4n) is 1.97. The van der Waals surface area contributed by atoms with Crippen molar-refractivity contribution >= 4 is 11.6 Å². The highest BCUT2D eigenvalue weighted by molar-refractivity contribution is 5.57. The number of hydrogen-bond donors (Lipinski definition) is 1. The molecule has 1 heterocycles. The molecule has 1 atom stereocenters. The van der Waals surface area contributed by atoms with Crippen LogP contribution in [0.1, 0.15) is 37.1 Å². The van der Waals surface area contributed by atoms with Gasteiger partial charge in [0.1, 0.15) is 17.5 Å². The Labute approximate surface area is 108 Å². The van der Waals surface area contributed by atoms with E-state index in [0.717, 1.165) is 17.2 Å². The summed E-state index contributed by atoms with van der Waals surface area (Å²) in [7, 11) is 3.73. The molecule has 0 saturated heterocycles. The fraction of sp³-hybridized carbons (Fsp3) is 0.692. The molecule has 5 nitrogen and oxygen atoms in total. The Balaban J connectivity index is 2.30. The van der Waals surface area contributed by atoms with Crippen molar-refractivity contribution in [1.29, 1.82) is 0 Å². The van der Waals surface area contributed by atoms with Crippen molar-refractivity contribution in [2.75, 3.05) is 31.4 Å². The second-order valence-electron chi connectivity index (χ2n) is 5.11. The lowest BCUT2D eigenvalue weighted by Crippen LogP contribution is -2.34. The molecule has 1 unspecified atom stereocenters. The molecule has 2 rings (SSSR count). The molecule has 0 spiro atoms. The highest BCUT2D eigenvalue weighted by Crippen LogP contribution is 2.39. The largest absolute Gasteiger partial charge is 0.383 e. The maximum atomic E-state index is 5.99. The average molecular weight is 250 g/mol. The van der Waals surface area contributed by atoms with Crippen molar-refractivity contribution in [3.05, 3.63) is 11.4 Å². The summed E-state index contributed by atoms with van der Waals surface area (Å²) < 4.78 is 5.19. The monoisotopic (exact) mass is 250 g/mol. The van der Waals surface area contributed by atoms with E-state index >= 15 is 0 Å². The van der Waals surface area contributed by atoms with Crippen LogP contribution in [0.5, 0.6) is 0 Å². The van der Waals surface area contributed by atoms with Gasteiger partial charge in [0.05, 0.1) is 12.6 Å². The van der Waals surface area contributed by atoms with Crippen molar-refractivity contribution in [2.45, 2.75) is 38.6 Å². The molecule has 5 heteroatoms. The van der Waals surface area contributed by atoms with Crippen molar-refractivity contribution in [2.24, 2.45) is 0 Å². The molecule has 18 heavy (non-hydrogen) atoms. The number of rotatable bonds is 5. The van der Waals surface area contributed by atoms with Gasteiger partial charge >= 0.3 is 0 Å². The van der Waals surface area contributed by atoms with Gasteiger partial charge in [0.15, 0.2) is 0 Å². The Morgan fingerprint density at radius 1 is 1.44 bits per heavy atom. The van der Waals surface area contributed by atoms with E-state index in [1.807, 2.05) is 14.0 Å². The fourth-order valence-corrected chi connectivity index (χ4v) is 1.97. The van der Waals surface area contributed by atoms with Crippen molar-refractivity contribution in [3.63, 3.8) is 0 Å². The van der Waals surface area contributed by atoms with E-state index in [-0.39, 0.29) is 6.04 Å². The highest BCUT2D eigenvalue weighted by atomic mass is 16.5. The minimum atomic E-state index is 0.259. The van der Waals surface area contributed by atoms with Crippen LogP contribution in [0, 0.1) is 6.92 Å². The molecular formula is C13H22N4O. The number of hydrogen-bond acceptors (Lipinski definition) is 5. The summed E-state index contributed by atoms with van der Waals surface area (Å²) >= 11 is 0. The maximum absolute atomic E-state index is 5.99. The number of ether oxygens (including phenoxy) is 1. The molecule has 0 bridgehead atoms. The Morgan fingerprint density at radius 3 is 2.67 bits per heavy atom. The van der Waals surface area contributed by atoms with Gasteiger partial charge in [-0.1, -0.05) is 0 Å². The maximum Gasteiger partial charge on any atom is 0.137 e. The van der Waals surface area contributed by atoms with Crippen LogP contribution in [-0.4, -0.2) is 36.8 Å². The molecule has 1 aliphatic carbocycles. The van der Waals surface area contributed by atoms with Crippen LogP contribution in [-0.2, 0) is 4.74 Å². The number of nitrogens with zero attached hydrogens (tertiary/aromatic N) is 3. The van der Waals surface area contributed by atoms with Crippen molar-refractivity contribution in [1.82, 2.24) is 9.97 Å². The zero-order chi connectivity index (χ0) is 13.3. The summed E-state index contributed by atoms with van der Waals surface area (Å²) in [5.41, 5.74) is 6.94.